The Morgan fingerprint density at radius 1 is 1.33 bits per heavy atom. The maximum Gasteiger partial charge on any atom is 0.239 e. The van der Waals surface area contributed by atoms with E-state index < -0.39 is 0 Å². The predicted molar refractivity (Wildman–Crippen MR) is 74.5 cm³/mol. The second-order valence-corrected chi connectivity index (χ2v) is 5.07. The fourth-order valence-corrected chi connectivity index (χ4v) is 2.10. The Morgan fingerprint density at radius 3 is 2.67 bits per heavy atom. The van der Waals surface area contributed by atoms with E-state index in [2.05, 4.69) is 17.6 Å². The molecule has 1 saturated carbocycles. The zero-order chi connectivity index (χ0) is 12.8. The van der Waals surface area contributed by atoms with Gasteiger partial charge in [-0.15, -0.1) is 0 Å². The molecule has 0 saturated heterocycles. The van der Waals surface area contributed by atoms with Crippen LogP contribution in [0.5, 0.6) is 0 Å². The minimum Gasteiger partial charge on any atom is -0.376 e. The summed E-state index contributed by atoms with van der Waals surface area (Å²) in [5.41, 5.74) is 0.989. The van der Waals surface area contributed by atoms with Gasteiger partial charge in [0.1, 0.15) is 0 Å². The van der Waals surface area contributed by atoms with Crippen LogP contribution >= 0.6 is 0 Å². The van der Waals surface area contributed by atoms with Crippen molar-refractivity contribution in [1.82, 2.24) is 5.32 Å². The van der Waals surface area contributed by atoms with E-state index in [1.807, 2.05) is 30.3 Å². The van der Waals surface area contributed by atoms with Gasteiger partial charge in [-0.3, -0.25) is 4.79 Å². The quantitative estimate of drug-likeness (QED) is 0.776. The third-order valence-electron chi connectivity index (χ3n) is 3.40. The van der Waals surface area contributed by atoms with E-state index in [9.17, 15) is 4.79 Å². The van der Waals surface area contributed by atoms with E-state index in [1.54, 1.807) is 0 Å². The lowest BCUT2D eigenvalue weighted by Gasteiger charge is -2.17. The fourth-order valence-electron chi connectivity index (χ4n) is 2.10. The molecule has 2 N–H and O–H groups in total. The van der Waals surface area contributed by atoms with Crippen LogP contribution in [0, 0.1) is 5.92 Å². The summed E-state index contributed by atoms with van der Waals surface area (Å²) in [4.78, 5) is 11.8. The normalized spacial score (nSPS) is 16.1. The Kier molecular flexibility index (Phi) is 4.62. The SMILES string of the molecule is CCC(CC1CC1)NC(=O)CNc1ccccc1. The van der Waals surface area contributed by atoms with Crippen LogP contribution in [0.1, 0.15) is 32.6 Å². The summed E-state index contributed by atoms with van der Waals surface area (Å²) >= 11 is 0. The van der Waals surface area contributed by atoms with E-state index in [1.165, 1.54) is 12.8 Å². The second kappa shape index (κ2) is 6.43. The first-order valence-electron chi connectivity index (χ1n) is 6.86. The number of hydrogen-bond acceptors (Lipinski definition) is 2. The molecule has 1 aromatic carbocycles. The smallest absolute Gasteiger partial charge is 0.239 e. The van der Waals surface area contributed by atoms with Crippen LogP contribution in [0.3, 0.4) is 0 Å². The van der Waals surface area contributed by atoms with Crippen LogP contribution in [-0.4, -0.2) is 18.5 Å². The monoisotopic (exact) mass is 246 g/mol. The molecule has 0 heterocycles. The van der Waals surface area contributed by atoms with Crippen LogP contribution in [0.25, 0.3) is 0 Å². The number of amides is 1. The Morgan fingerprint density at radius 2 is 2.06 bits per heavy atom. The zero-order valence-corrected chi connectivity index (χ0v) is 11.0. The largest absolute Gasteiger partial charge is 0.376 e. The molecule has 0 bridgehead atoms. The van der Waals surface area contributed by atoms with Crippen molar-refractivity contribution in [1.29, 1.82) is 0 Å². The van der Waals surface area contributed by atoms with E-state index in [4.69, 9.17) is 0 Å². The third-order valence-corrected chi connectivity index (χ3v) is 3.40. The average Bonchev–Trinajstić information content (AvgIpc) is 3.21. The van der Waals surface area contributed by atoms with E-state index in [0.717, 1.165) is 24.4 Å². The maximum atomic E-state index is 11.8. The zero-order valence-electron chi connectivity index (χ0n) is 11.0. The number of benzene rings is 1. The molecule has 1 fully saturated rings. The van der Waals surface area contributed by atoms with Gasteiger partial charge < -0.3 is 10.6 Å². The lowest BCUT2D eigenvalue weighted by atomic mass is 10.1. The lowest BCUT2D eigenvalue weighted by molar-refractivity contribution is -0.120. The average molecular weight is 246 g/mol. The molecular weight excluding hydrogens is 224 g/mol. The molecule has 1 aliphatic rings. The van der Waals surface area contributed by atoms with Gasteiger partial charge in [-0.1, -0.05) is 38.0 Å². The standard InChI is InChI=1S/C15H22N2O/c1-2-13(10-12-8-9-12)17-15(18)11-16-14-6-4-3-5-7-14/h3-7,12-13,16H,2,8-11H2,1H3,(H,17,18). The van der Waals surface area contributed by atoms with Crippen molar-refractivity contribution >= 4 is 11.6 Å². The molecule has 1 atom stereocenters. The molecule has 3 heteroatoms. The highest BCUT2D eigenvalue weighted by Gasteiger charge is 2.25. The van der Waals surface area contributed by atoms with Gasteiger partial charge in [0.05, 0.1) is 6.54 Å². The Balaban J connectivity index is 1.70. The molecule has 98 valence electrons. The molecule has 0 spiro atoms. The Labute approximate surface area is 109 Å². The molecule has 0 radical (unpaired) electrons. The summed E-state index contributed by atoms with van der Waals surface area (Å²) in [6.07, 6.45) is 4.85. The second-order valence-electron chi connectivity index (χ2n) is 5.07. The topological polar surface area (TPSA) is 41.1 Å². The molecule has 18 heavy (non-hydrogen) atoms. The van der Waals surface area contributed by atoms with Gasteiger partial charge >= 0.3 is 0 Å². The number of carbonyl (C=O) groups excluding carboxylic acids is 1. The third kappa shape index (κ3) is 4.40. The van der Waals surface area contributed by atoms with E-state index in [-0.39, 0.29) is 5.91 Å². The lowest BCUT2D eigenvalue weighted by Crippen LogP contribution is -2.38. The summed E-state index contributed by atoms with van der Waals surface area (Å²) in [7, 11) is 0. The van der Waals surface area contributed by atoms with Crippen molar-refractivity contribution in [2.45, 2.75) is 38.6 Å². The van der Waals surface area contributed by atoms with Crippen molar-refractivity contribution in [2.75, 3.05) is 11.9 Å². The van der Waals surface area contributed by atoms with Gasteiger partial charge in [-0.25, -0.2) is 0 Å². The number of hydrogen-bond donors (Lipinski definition) is 2. The maximum absolute atomic E-state index is 11.8. The highest BCUT2D eigenvalue weighted by atomic mass is 16.1. The van der Waals surface area contributed by atoms with Gasteiger partial charge in [0.2, 0.25) is 5.91 Å². The van der Waals surface area contributed by atoms with Gasteiger partial charge in [0.25, 0.3) is 0 Å². The molecule has 1 amide bonds. The Bertz CT molecular complexity index is 373. The highest BCUT2D eigenvalue weighted by Crippen LogP contribution is 2.33. The first-order valence-corrected chi connectivity index (χ1v) is 6.86. The van der Waals surface area contributed by atoms with Crippen LogP contribution in [0.15, 0.2) is 30.3 Å². The van der Waals surface area contributed by atoms with E-state index >= 15 is 0 Å². The van der Waals surface area contributed by atoms with Crippen LogP contribution in [-0.2, 0) is 4.79 Å². The molecule has 0 aromatic heterocycles. The summed E-state index contributed by atoms with van der Waals surface area (Å²) < 4.78 is 0. The number of carbonyl (C=O) groups is 1. The first-order chi connectivity index (χ1) is 8.78. The Hall–Kier alpha value is -1.51. The summed E-state index contributed by atoms with van der Waals surface area (Å²) in [6.45, 7) is 2.49. The molecule has 1 unspecified atom stereocenters. The minimum atomic E-state index is 0.0892. The summed E-state index contributed by atoms with van der Waals surface area (Å²) in [5.74, 6) is 0.948. The summed E-state index contributed by atoms with van der Waals surface area (Å²) in [5, 5.41) is 6.24. The van der Waals surface area contributed by atoms with E-state index in [0.29, 0.717) is 12.6 Å². The van der Waals surface area contributed by atoms with Crippen molar-refractivity contribution in [3.8, 4) is 0 Å². The van der Waals surface area contributed by atoms with Gasteiger partial charge in [-0.2, -0.15) is 0 Å². The number of nitrogens with one attached hydrogen (secondary N) is 2. The number of anilines is 1. The number of rotatable bonds is 7. The molecule has 0 aliphatic heterocycles. The predicted octanol–water partition coefficient (Wildman–Crippen LogP) is 2.79. The molecule has 1 aromatic rings. The van der Waals surface area contributed by atoms with Crippen molar-refractivity contribution in [3.05, 3.63) is 30.3 Å². The number of para-hydroxylation sites is 1. The first kappa shape index (κ1) is 12.9. The van der Waals surface area contributed by atoms with Crippen LogP contribution < -0.4 is 10.6 Å². The van der Waals surface area contributed by atoms with Crippen molar-refractivity contribution in [2.24, 2.45) is 5.92 Å². The molecule has 1 aliphatic carbocycles. The fraction of sp³-hybridized carbons (Fsp3) is 0.533. The molecular formula is C15H22N2O. The highest BCUT2D eigenvalue weighted by molar-refractivity contribution is 5.80. The van der Waals surface area contributed by atoms with Crippen LogP contribution in [0.4, 0.5) is 5.69 Å². The van der Waals surface area contributed by atoms with Crippen molar-refractivity contribution < 1.29 is 4.79 Å². The molecule has 3 nitrogen and oxygen atoms in total. The van der Waals surface area contributed by atoms with Gasteiger partial charge in [-0.05, 0) is 30.9 Å². The van der Waals surface area contributed by atoms with Crippen molar-refractivity contribution in [3.63, 3.8) is 0 Å². The van der Waals surface area contributed by atoms with Gasteiger partial charge in [0, 0.05) is 11.7 Å². The van der Waals surface area contributed by atoms with Gasteiger partial charge in [0.15, 0.2) is 0 Å². The van der Waals surface area contributed by atoms with Crippen LogP contribution in [0.2, 0.25) is 0 Å². The summed E-state index contributed by atoms with van der Waals surface area (Å²) in [6, 6.07) is 10.2. The minimum absolute atomic E-state index is 0.0892. The molecule has 2 rings (SSSR count).